The SMILES string of the molecule is COc1cc(N2CCC3(CC2)O[C@@H]2CC[C@@H](c4ccccc4)N2C3=O)ncc1C#N. The maximum Gasteiger partial charge on any atom is 0.257 e. The number of carbonyl (C=O) groups excluding carboxylic acids is 1. The van der Waals surface area contributed by atoms with E-state index in [2.05, 4.69) is 28.1 Å². The molecule has 2 atom stereocenters. The summed E-state index contributed by atoms with van der Waals surface area (Å²) < 4.78 is 11.7. The van der Waals surface area contributed by atoms with Gasteiger partial charge in [0.15, 0.2) is 5.60 Å². The standard InChI is InChI=1S/C23H24N4O3/c1-29-19-13-20(25-15-17(19)14-24)26-11-9-23(10-12-26)22(28)27-18(7-8-21(27)30-23)16-5-3-2-4-6-16/h2-6,13,15,18,21H,7-12H2,1H3/t18-,21+/m0/s1. The van der Waals surface area contributed by atoms with Crippen molar-refractivity contribution in [2.75, 3.05) is 25.1 Å². The molecule has 3 aliphatic heterocycles. The molecule has 3 saturated heterocycles. The van der Waals surface area contributed by atoms with E-state index in [1.54, 1.807) is 13.2 Å². The van der Waals surface area contributed by atoms with Crippen LogP contribution in [0.4, 0.5) is 5.82 Å². The first kappa shape index (κ1) is 18.9. The molecule has 0 N–H and O–H groups in total. The summed E-state index contributed by atoms with van der Waals surface area (Å²) in [6.45, 7) is 1.34. The number of fused-ring (bicyclic) bond motifs is 1. The van der Waals surface area contributed by atoms with Gasteiger partial charge in [0.2, 0.25) is 0 Å². The summed E-state index contributed by atoms with van der Waals surface area (Å²) in [6.07, 6.45) is 4.50. The fourth-order valence-electron chi connectivity index (χ4n) is 5.00. The molecular weight excluding hydrogens is 380 g/mol. The minimum absolute atomic E-state index is 0.102. The van der Waals surface area contributed by atoms with Gasteiger partial charge in [-0.1, -0.05) is 30.3 Å². The number of nitriles is 1. The first-order valence-corrected chi connectivity index (χ1v) is 10.4. The van der Waals surface area contributed by atoms with Crippen molar-refractivity contribution in [1.82, 2.24) is 9.88 Å². The number of anilines is 1. The number of benzene rings is 1. The highest BCUT2D eigenvalue weighted by atomic mass is 16.6. The van der Waals surface area contributed by atoms with E-state index in [0.29, 0.717) is 37.2 Å². The van der Waals surface area contributed by atoms with E-state index in [0.717, 1.165) is 18.7 Å². The fraction of sp³-hybridized carbons (Fsp3) is 0.435. The maximum absolute atomic E-state index is 13.5. The average molecular weight is 404 g/mol. The molecule has 3 fully saturated rings. The molecule has 0 aliphatic carbocycles. The first-order chi connectivity index (χ1) is 14.6. The van der Waals surface area contributed by atoms with Crippen LogP contribution in [-0.4, -0.2) is 47.8 Å². The third kappa shape index (κ3) is 2.91. The highest BCUT2D eigenvalue weighted by Gasteiger charge is 2.57. The number of methoxy groups -OCH3 is 1. The van der Waals surface area contributed by atoms with E-state index >= 15 is 0 Å². The smallest absolute Gasteiger partial charge is 0.257 e. The Hall–Kier alpha value is -3.11. The lowest BCUT2D eigenvalue weighted by molar-refractivity contribution is -0.140. The molecule has 7 heteroatoms. The third-order valence-corrected chi connectivity index (χ3v) is 6.59. The Labute approximate surface area is 175 Å². The van der Waals surface area contributed by atoms with Crippen LogP contribution in [0.5, 0.6) is 5.75 Å². The van der Waals surface area contributed by atoms with Crippen molar-refractivity contribution >= 4 is 11.7 Å². The van der Waals surface area contributed by atoms with E-state index in [4.69, 9.17) is 14.7 Å². The van der Waals surface area contributed by atoms with Gasteiger partial charge in [-0.15, -0.1) is 0 Å². The van der Waals surface area contributed by atoms with Gasteiger partial charge in [-0.25, -0.2) is 4.98 Å². The van der Waals surface area contributed by atoms with Crippen molar-refractivity contribution in [3.05, 3.63) is 53.7 Å². The van der Waals surface area contributed by atoms with E-state index in [-0.39, 0.29) is 18.2 Å². The molecule has 30 heavy (non-hydrogen) atoms. The number of rotatable bonds is 3. The van der Waals surface area contributed by atoms with Crippen molar-refractivity contribution in [2.45, 2.75) is 43.6 Å². The van der Waals surface area contributed by atoms with Gasteiger partial charge < -0.3 is 19.3 Å². The van der Waals surface area contributed by atoms with Crippen molar-refractivity contribution in [3.8, 4) is 11.8 Å². The summed E-state index contributed by atoms with van der Waals surface area (Å²) in [5, 5.41) is 9.16. The number of piperidine rings is 1. The Kier molecular flexibility index (Phi) is 4.59. The van der Waals surface area contributed by atoms with Gasteiger partial charge in [0.1, 0.15) is 29.4 Å². The molecule has 5 rings (SSSR count). The monoisotopic (exact) mass is 404 g/mol. The molecule has 4 heterocycles. The second-order valence-corrected chi connectivity index (χ2v) is 8.12. The zero-order valence-electron chi connectivity index (χ0n) is 17.0. The average Bonchev–Trinajstić information content (AvgIpc) is 3.32. The molecule has 3 aliphatic rings. The van der Waals surface area contributed by atoms with Crippen LogP contribution in [0.2, 0.25) is 0 Å². The molecule has 1 aromatic heterocycles. The zero-order chi connectivity index (χ0) is 20.7. The first-order valence-electron chi connectivity index (χ1n) is 10.4. The predicted molar refractivity (Wildman–Crippen MR) is 110 cm³/mol. The van der Waals surface area contributed by atoms with Crippen LogP contribution >= 0.6 is 0 Å². The van der Waals surface area contributed by atoms with Crippen molar-refractivity contribution < 1.29 is 14.3 Å². The summed E-state index contributed by atoms with van der Waals surface area (Å²) in [4.78, 5) is 22.0. The number of nitrogens with zero attached hydrogens (tertiary/aromatic N) is 4. The normalized spacial score (nSPS) is 24.7. The summed E-state index contributed by atoms with van der Waals surface area (Å²) in [5.41, 5.74) is 0.864. The van der Waals surface area contributed by atoms with Gasteiger partial charge in [-0.05, 0) is 18.4 Å². The predicted octanol–water partition coefficient (Wildman–Crippen LogP) is 3.02. The molecule has 154 valence electrons. The summed E-state index contributed by atoms with van der Waals surface area (Å²) in [7, 11) is 1.55. The van der Waals surface area contributed by atoms with Gasteiger partial charge in [0.05, 0.1) is 19.3 Å². The van der Waals surface area contributed by atoms with E-state index < -0.39 is 5.60 Å². The lowest BCUT2D eigenvalue weighted by Crippen LogP contribution is -2.50. The van der Waals surface area contributed by atoms with Crippen molar-refractivity contribution in [2.24, 2.45) is 0 Å². The molecule has 1 aromatic carbocycles. The van der Waals surface area contributed by atoms with Crippen LogP contribution in [-0.2, 0) is 9.53 Å². The number of aromatic nitrogens is 1. The Morgan fingerprint density at radius 2 is 2.00 bits per heavy atom. The van der Waals surface area contributed by atoms with Gasteiger partial charge >= 0.3 is 0 Å². The van der Waals surface area contributed by atoms with E-state index in [1.807, 2.05) is 23.1 Å². The number of hydrogen-bond acceptors (Lipinski definition) is 6. The largest absolute Gasteiger partial charge is 0.495 e. The second-order valence-electron chi connectivity index (χ2n) is 8.12. The minimum atomic E-state index is -0.731. The van der Waals surface area contributed by atoms with Crippen molar-refractivity contribution in [3.63, 3.8) is 0 Å². The Balaban J connectivity index is 1.32. The molecular formula is C23H24N4O3. The minimum Gasteiger partial charge on any atom is -0.495 e. The number of carbonyl (C=O) groups is 1. The third-order valence-electron chi connectivity index (χ3n) is 6.59. The highest BCUT2D eigenvalue weighted by molar-refractivity contribution is 5.88. The van der Waals surface area contributed by atoms with E-state index in [9.17, 15) is 4.79 Å². The summed E-state index contributed by atoms with van der Waals surface area (Å²) in [5.74, 6) is 1.40. The van der Waals surface area contributed by atoms with Crippen LogP contribution in [0.3, 0.4) is 0 Å². The molecule has 0 bridgehead atoms. The Morgan fingerprint density at radius 1 is 1.23 bits per heavy atom. The fourth-order valence-corrected chi connectivity index (χ4v) is 5.00. The number of hydrogen-bond donors (Lipinski definition) is 0. The Morgan fingerprint density at radius 3 is 2.70 bits per heavy atom. The number of pyridine rings is 1. The molecule has 0 saturated carbocycles. The molecule has 0 radical (unpaired) electrons. The molecule has 1 spiro atoms. The van der Waals surface area contributed by atoms with Crippen LogP contribution < -0.4 is 9.64 Å². The highest BCUT2D eigenvalue weighted by Crippen LogP contribution is 2.47. The molecule has 2 aromatic rings. The zero-order valence-corrected chi connectivity index (χ0v) is 17.0. The quantitative estimate of drug-likeness (QED) is 0.783. The summed E-state index contributed by atoms with van der Waals surface area (Å²) >= 11 is 0. The molecule has 0 unspecified atom stereocenters. The lowest BCUT2D eigenvalue weighted by Gasteiger charge is -2.38. The Bertz CT molecular complexity index is 995. The van der Waals surface area contributed by atoms with Crippen LogP contribution in [0, 0.1) is 11.3 Å². The number of ether oxygens (including phenoxy) is 2. The van der Waals surface area contributed by atoms with Crippen LogP contribution in [0.15, 0.2) is 42.6 Å². The second kappa shape index (κ2) is 7.29. The molecule has 7 nitrogen and oxygen atoms in total. The molecule has 1 amide bonds. The van der Waals surface area contributed by atoms with Gasteiger partial charge in [-0.3, -0.25) is 4.79 Å². The van der Waals surface area contributed by atoms with Crippen molar-refractivity contribution in [1.29, 1.82) is 5.26 Å². The van der Waals surface area contributed by atoms with Gasteiger partial charge in [-0.2, -0.15) is 5.26 Å². The topological polar surface area (TPSA) is 78.7 Å². The van der Waals surface area contributed by atoms with Crippen LogP contribution in [0.25, 0.3) is 0 Å². The summed E-state index contributed by atoms with van der Waals surface area (Å²) in [6, 6.07) is 14.2. The van der Waals surface area contributed by atoms with Gasteiger partial charge in [0, 0.05) is 32.0 Å². The maximum atomic E-state index is 13.5. The van der Waals surface area contributed by atoms with Crippen LogP contribution in [0.1, 0.15) is 42.9 Å². The number of amides is 1. The lowest BCUT2D eigenvalue weighted by atomic mass is 9.89. The van der Waals surface area contributed by atoms with E-state index in [1.165, 1.54) is 11.8 Å². The van der Waals surface area contributed by atoms with Gasteiger partial charge in [0.25, 0.3) is 5.91 Å².